The van der Waals surface area contributed by atoms with Crippen molar-refractivity contribution in [1.82, 2.24) is 5.32 Å². The van der Waals surface area contributed by atoms with Crippen molar-refractivity contribution in [3.63, 3.8) is 0 Å². The minimum Gasteiger partial charge on any atom is -0.491 e. The molecule has 3 nitrogen and oxygen atoms in total. The highest BCUT2D eigenvalue weighted by Crippen LogP contribution is 2.15. The van der Waals surface area contributed by atoms with Crippen molar-refractivity contribution >= 4 is 17.5 Å². The van der Waals surface area contributed by atoms with Gasteiger partial charge in [-0.3, -0.25) is 4.79 Å². The zero-order valence-electron chi connectivity index (χ0n) is 11.5. The first-order valence-electron chi connectivity index (χ1n) is 6.49. The Labute approximate surface area is 127 Å². The van der Waals surface area contributed by atoms with Crippen LogP contribution in [0, 0.1) is 5.82 Å². The van der Waals surface area contributed by atoms with Crippen molar-refractivity contribution in [2.24, 2.45) is 0 Å². The highest BCUT2D eigenvalue weighted by molar-refractivity contribution is 6.30. The van der Waals surface area contributed by atoms with Crippen LogP contribution in [0.1, 0.15) is 17.3 Å². The van der Waals surface area contributed by atoms with Crippen LogP contribution in [-0.2, 0) is 0 Å². The van der Waals surface area contributed by atoms with Gasteiger partial charge in [0.1, 0.15) is 18.2 Å². The number of ether oxygens (including phenoxy) is 1. The molecule has 2 rings (SSSR count). The minimum atomic E-state index is -0.370. The molecule has 21 heavy (non-hydrogen) atoms. The lowest BCUT2D eigenvalue weighted by Crippen LogP contribution is -2.36. The van der Waals surface area contributed by atoms with E-state index in [-0.39, 0.29) is 17.8 Å². The number of carbonyl (C=O) groups is 1. The van der Waals surface area contributed by atoms with E-state index in [1.807, 2.05) is 6.92 Å². The molecule has 1 atom stereocenters. The first kappa shape index (κ1) is 15.3. The highest BCUT2D eigenvalue weighted by Gasteiger charge is 2.10. The average Bonchev–Trinajstić information content (AvgIpc) is 2.47. The number of hydrogen-bond acceptors (Lipinski definition) is 2. The summed E-state index contributed by atoms with van der Waals surface area (Å²) in [5.41, 5.74) is 0.412. The summed E-state index contributed by atoms with van der Waals surface area (Å²) in [6, 6.07) is 12.2. The van der Waals surface area contributed by atoms with Gasteiger partial charge in [0, 0.05) is 10.6 Å². The van der Waals surface area contributed by atoms with Crippen LogP contribution in [0.2, 0.25) is 5.02 Å². The summed E-state index contributed by atoms with van der Waals surface area (Å²) < 4.78 is 18.3. The van der Waals surface area contributed by atoms with Crippen molar-refractivity contribution in [3.05, 3.63) is 64.9 Å². The summed E-state index contributed by atoms with van der Waals surface area (Å²) in [6.07, 6.45) is 0. The van der Waals surface area contributed by atoms with E-state index in [4.69, 9.17) is 16.3 Å². The number of nitrogens with one attached hydrogen (secondary N) is 1. The molecule has 1 N–H and O–H groups in total. The van der Waals surface area contributed by atoms with E-state index in [0.717, 1.165) is 0 Å². The van der Waals surface area contributed by atoms with Gasteiger partial charge in [-0.1, -0.05) is 11.6 Å². The molecule has 1 amide bonds. The lowest BCUT2D eigenvalue weighted by atomic mass is 10.2. The van der Waals surface area contributed by atoms with Gasteiger partial charge in [-0.15, -0.1) is 0 Å². The van der Waals surface area contributed by atoms with Crippen LogP contribution in [-0.4, -0.2) is 18.6 Å². The first-order chi connectivity index (χ1) is 10.0. The monoisotopic (exact) mass is 307 g/mol. The Kier molecular flexibility index (Phi) is 5.17. The molecule has 0 radical (unpaired) electrons. The van der Waals surface area contributed by atoms with Crippen LogP contribution in [0.5, 0.6) is 5.75 Å². The summed E-state index contributed by atoms with van der Waals surface area (Å²) in [5.74, 6) is 0.0511. The van der Waals surface area contributed by atoms with Crippen LogP contribution in [0.15, 0.2) is 48.5 Å². The van der Waals surface area contributed by atoms with Crippen LogP contribution >= 0.6 is 11.6 Å². The minimum absolute atomic E-state index is 0.182. The maximum atomic E-state index is 12.8. The highest BCUT2D eigenvalue weighted by atomic mass is 35.5. The second kappa shape index (κ2) is 7.09. The van der Waals surface area contributed by atoms with E-state index in [0.29, 0.717) is 22.9 Å². The number of carbonyl (C=O) groups excluding carboxylic acids is 1. The fourth-order valence-electron chi connectivity index (χ4n) is 1.70. The first-order valence-corrected chi connectivity index (χ1v) is 6.87. The molecule has 0 saturated carbocycles. The van der Waals surface area contributed by atoms with Crippen molar-refractivity contribution in [3.8, 4) is 5.75 Å². The zero-order valence-corrected chi connectivity index (χ0v) is 12.2. The normalized spacial score (nSPS) is 11.8. The Morgan fingerprint density at radius 1 is 1.19 bits per heavy atom. The fraction of sp³-hybridized carbons (Fsp3) is 0.188. The molecule has 0 bridgehead atoms. The van der Waals surface area contributed by atoms with Gasteiger partial charge >= 0.3 is 0 Å². The molecule has 0 heterocycles. The molecule has 0 aliphatic carbocycles. The number of hydrogen-bond donors (Lipinski definition) is 1. The summed E-state index contributed by atoms with van der Waals surface area (Å²) in [7, 11) is 0. The van der Waals surface area contributed by atoms with Gasteiger partial charge in [0.15, 0.2) is 0 Å². The van der Waals surface area contributed by atoms with Crippen LogP contribution in [0.3, 0.4) is 0 Å². The SMILES string of the molecule is CC(COc1ccc(Cl)cc1)NC(=O)c1ccc(F)cc1. The van der Waals surface area contributed by atoms with Gasteiger partial charge in [-0.25, -0.2) is 4.39 Å². The van der Waals surface area contributed by atoms with Crippen molar-refractivity contribution in [2.45, 2.75) is 13.0 Å². The van der Waals surface area contributed by atoms with E-state index in [9.17, 15) is 9.18 Å². The third kappa shape index (κ3) is 4.76. The van der Waals surface area contributed by atoms with E-state index in [1.54, 1.807) is 24.3 Å². The van der Waals surface area contributed by atoms with Crippen molar-refractivity contribution in [2.75, 3.05) is 6.61 Å². The standard InChI is InChI=1S/C16H15ClFNO2/c1-11(10-21-15-8-4-13(17)5-9-15)19-16(20)12-2-6-14(18)7-3-12/h2-9,11H,10H2,1H3,(H,19,20). The molecule has 2 aromatic carbocycles. The third-order valence-electron chi connectivity index (χ3n) is 2.80. The molecule has 0 aromatic heterocycles. The Balaban J connectivity index is 1.83. The Morgan fingerprint density at radius 3 is 2.43 bits per heavy atom. The van der Waals surface area contributed by atoms with E-state index >= 15 is 0 Å². The van der Waals surface area contributed by atoms with Crippen LogP contribution < -0.4 is 10.1 Å². The topological polar surface area (TPSA) is 38.3 Å². The van der Waals surface area contributed by atoms with Gasteiger partial charge < -0.3 is 10.1 Å². The molecule has 1 unspecified atom stereocenters. The van der Waals surface area contributed by atoms with Gasteiger partial charge in [-0.2, -0.15) is 0 Å². The second-order valence-electron chi connectivity index (χ2n) is 4.65. The van der Waals surface area contributed by atoms with Crippen molar-refractivity contribution < 1.29 is 13.9 Å². The molecule has 110 valence electrons. The number of rotatable bonds is 5. The number of amides is 1. The summed E-state index contributed by atoms with van der Waals surface area (Å²) in [6.45, 7) is 2.16. The molecule has 0 aliphatic rings. The summed E-state index contributed by atoms with van der Waals surface area (Å²) in [4.78, 5) is 11.9. The third-order valence-corrected chi connectivity index (χ3v) is 3.05. The van der Waals surface area contributed by atoms with Crippen LogP contribution in [0.25, 0.3) is 0 Å². The predicted molar refractivity (Wildman–Crippen MR) is 80.3 cm³/mol. The average molecular weight is 308 g/mol. The zero-order chi connectivity index (χ0) is 15.2. The smallest absolute Gasteiger partial charge is 0.251 e. The second-order valence-corrected chi connectivity index (χ2v) is 5.08. The molecular weight excluding hydrogens is 293 g/mol. The predicted octanol–water partition coefficient (Wildman–Crippen LogP) is 3.68. The molecular formula is C16H15ClFNO2. The van der Waals surface area contributed by atoms with E-state index in [1.165, 1.54) is 24.3 Å². The Morgan fingerprint density at radius 2 is 1.81 bits per heavy atom. The van der Waals surface area contributed by atoms with E-state index < -0.39 is 0 Å². The lowest BCUT2D eigenvalue weighted by molar-refractivity contribution is 0.0926. The maximum absolute atomic E-state index is 12.8. The van der Waals surface area contributed by atoms with Crippen LogP contribution in [0.4, 0.5) is 4.39 Å². The van der Waals surface area contributed by atoms with Gasteiger partial charge in [0.2, 0.25) is 0 Å². The maximum Gasteiger partial charge on any atom is 0.251 e. The Bertz CT molecular complexity index is 599. The Hall–Kier alpha value is -2.07. The molecule has 0 aliphatic heterocycles. The molecule has 5 heteroatoms. The summed E-state index contributed by atoms with van der Waals surface area (Å²) >= 11 is 5.78. The quantitative estimate of drug-likeness (QED) is 0.915. The largest absolute Gasteiger partial charge is 0.491 e. The molecule has 0 fully saturated rings. The molecule has 2 aromatic rings. The van der Waals surface area contributed by atoms with Crippen molar-refractivity contribution in [1.29, 1.82) is 0 Å². The summed E-state index contributed by atoms with van der Waals surface area (Å²) in [5, 5.41) is 3.42. The van der Waals surface area contributed by atoms with Gasteiger partial charge in [0.05, 0.1) is 6.04 Å². The number of halogens is 2. The molecule has 0 saturated heterocycles. The molecule has 0 spiro atoms. The van der Waals surface area contributed by atoms with Gasteiger partial charge in [0.25, 0.3) is 5.91 Å². The number of benzene rings is 2. The van der Waals surface area contributed by atoms with E-state index in [2.05, 4.69) is 5.32 Å². The fourth-order valence-corrected chi connectivity index (χ4v) is 1.83. The van der Waals surface area contributed by atoms with Gasteiger partial charge in [-0.05, 0) is 55.5 Å². The lowest BCUT2D eigenvalue weighted by Gasteiger charge is -2.15.